The molecule has 3 heteroatoms. The molecular weight excluding hydrogens is 106 g/mol. The van der Waals surface area contributed by atoms with Gasteiger partial charge in [-0.05, 0) is 13.0 Å². The van der Waals surface area contributed by atoms with Crippen LogP contribution < -0.4 is 5.32 Å². The summed E-state index contributed by atoms with van der Waals surface area (Å²) in [5, 5.41) is 10.7. The zero-order valence-electron chi connectivity index (χ0n) is 4.68. The predicted octanol–water partition coefficient (Wildman–Crippen LogP) is 0.232. The molecule has 0 rings (SSSR count). The first-order chi connectivity index (χ1) is 3.77. The van der Waals surface area contributed by atoms with E-state index in [2.05, 4.69) is 12.4 Å². The molecular formula is C5H10NO2. The van der Waals surface area contributed by atoms with Crippen molar-refractivity contribution in [3.8, 4) is 0 Å². The predicted molar refractivity (Wildman–Crippen MR) is 30.2 cm³/mol. The Labute approximate surface area is 48.7 Å². The average Bonchev–Trinajstić information content (AvgIpc) is 1.66. The van der Waals surface area contributed by atoms with Crippen LogP contribution in [0.15, 0.2) is 0 Å². The second kappa shape index (κ2) is 4.59. The molecule has 1 radical (unpaired) electrons. The van der Waals surface area contributed by atoms with Crippen LogP contribution in [0.2, 0.25) is 0 Å². The van der Waals surface area contributed by atoms with Crippen molar-refractivity contribution < 1.29 is 9.90 Å². The van der Waals surface area contributed by atoms with Gasteiger partial charge in [0.15, 0.2) is 0 Å². The molecule has 0 aliphatic heterocycles. The normalized spacial score (nSPS) is 9.12. The lowest BCUT2D eigenvalue weighted by atomic mass is 10.3. The number of hydrogen-bond donors (Lipinski definition) is 2. The minimum atomic E-state index is -0.750. The standard InChI is InChI=1S/C5H10NO2/c1-6-4-2-3-5(7)8/h6H,1-4H2,(H,7,8). The molecule has 0 aromatic rings. The number of carboxylic acid groups (broad SMARTS) is 1. The summed E-state index contributed by atoms with van der Waals surface area (Å²) < 4.78 is 0. The fourth-order valence-corrected chi connectivity index (χ4v) is 0.365. The van der Waals surface area contributed by atoms with Crippen LogP contribution in [-0.4, -0.2) is 17.6 Å². The van der Waals surface area contributed by atoms with E-state index in [1.54, 1.807) is 0 Å². The van der Waals surface area contributed by atoms with Crippen molar-refractivity contribution in [2.45, 2.75) is 12.8 Å². The van der Waals surface area contributed by atoms with Crippen LogP contribution in [-0.2, 0) is 4.79 Å². The van der Waals surface area contributed by atoms with Crippen LogP contribution in [0.5, 0.6) is 0 Å². The Morgan fingerprint density at radius 3 is 2.75 bits per heavy atom. The first-order valence-electron chi connectivity index (χ1n) is 2.49. The molecule has 0 heterocycles. The molecule has 0 saturated carbocycles. The SMILES string of the molecule is [CH2]NCCCC(=O)O. The van der Waals surface area contributed by atoms with Gasteiger partial charge in [0.2, 0.25) is 0 Å². The summed E-state index contributed by atoms with van der Waals surface area (Å²) in [5.74, 6) is -0.750. The summed E-state index contributed by atoms with van der Waals surface area (Å²) in [5.41, 5.74) is 0. The van der Waals surface area contributed by atoms with Crippen LogP contribution in [0, 0.1) is 7.05 Å². The monoisotopic (exact) mass is 116 g/mol. The number of hydrogen-bond acceptors (Lipinski definition) is 2. The highest BCUT2D eigenvalue weighted by Gasteiger charge is 1.92. The van der Waals surface area contributed by atoms with E-state index in [0.717, 1.165) is 0 Å². The minimum Gasteiger partial charge on any atom is -0.481 e. The lowest BCUT2D eigenvalue weighted by Crippen LogP contribution is -2.06. The number of carbonyl (C=O) groups is 1. The van der Waals surface area contributed by atoms with Crippen LogP contribution in [0.4, 0.5) is 0 Å². The average molecular weight is 116 g/mol. The van der Waals surface area contributed by atoms with Gasteiger partial charge in [-0.15, -0.1) is 0 Å². The summed E-state index contributed by atoms with van der Waals surface area (Å²) >= 11 is 0. The van der Waals surface area contributed by atoms with E-state index in [-0.39, 0.29) is 6.42 Å². The van der Waals surface area contributed by atoms with Gasteiger partial charge in [-0.25, -0.2) is 0 Å². The lowest BCUT2D eigenvalue weighted by Gasteiger charge is -1.92. The van der Waals surface area contributed by atoms with Crippen LogP contribution >= 0.6 is 0 Å². The van der Waals surface area contributed by atoms with E-state index in [0.29, 0.717) is 13.0 Å². The fourth-order valence-electron chi connectivity index (χ4n) is 0.365. The van der Waals surface area contributed by atoms with Crippen molar-refractivity contribution in [3.05, 3.63) is 7.05 Å². The molecule has 0 amide bonds. The first kappa shape index (κ1) is 7.43. The highest BCUT2D eigenvalue weighted by molar-refractivity contribution is 5.66. The molecule has 8 heavy (non-hydrogen) atoms. The Morgan fingerprint density at radius 2 is 2.38 bits per heavy atom. The fraction of sp³-hybridized carbons (Fsp3) is 0.600. The van der Waals surface area contributed by atoms with E-state index >= 15 is 0 Å². The topological polar surface area (TPSA) is 49.3 Å². The van der Waals surface area contributed by atoms with Crippen molar-refractivity contribution in [1.82, 2.24) is 5.32 Å². The van der Waals surface area contributed by atoms with Crippen LogP contribution in [0.1, 0.15) is 12.8 Å². The van der Waals surface area contributed by atoms with E-state index in [9.17, 15) is 4.79 Å². The maximum absolute atomic E-state index is 9.83. The molecule has 47 valence electrons. The van der Waals surface area contributed by atoms with E-state index in [4.69, 9.17) is 5.11 Å². The largest absolute Gasteiger partial charge is 0.481 e. The van der Waals surface area contributed by atoms with Gasteiger partial charge in [0.1, 0.15) is 0 Å². The summed E-state index contributed by atoms with van der Waals surface area (Å²) in [6.07, 6.45) is 0.876. The minimum absolute atomic E-state index is 0.225. The third kappa shape index (κ3) is 5.43. The molecule has 2 N–H and O–H groups in total. The quantitative estimate of drug-likeness (QED) is 0.517. The second-order valence-electron chi connectivity index (χ2n) is 1.50. The maximum atomic E-state index is 9.83. The molecule has 0 bridgehead atoms. The summed E-state index contributed by atoms with van der Waals surface area (Å²) in [6, 6.07) is 0. The van der Waals surface area contributed by atoms with E-state index in [1.165, 1.54) is 0 Å². The molecule has 0 aliphatic rings. The number of rotatable bonds is 4. The summed E-state index contributed by atoms with van der Waals surface area (Å²) in [4.78, 5) is 9.83. The first-order valence-corrected chi connectivity index (χ1v) is 2.49. The smallest absolute Gasteiger partial charge is 0.303 e. The third-order valence-electron chi connectivity index (χ3n) is 0.744. The van der Waals surface area contributed by atoms with Gasteiger partial charge in [-0.2, -0.15) is 0 Å². The Morgan fingerprint density at radius 1 is 1.75 bits per heavy atom. The highest BCUT2D eigenvalue weighted by Crippen LogP contribution is 1.84. The number of nitrogens with one attached hydrogen (secondary N) is 1. The third-order valence-corrected chi connectivity index (χ3v) is 0.744. The molecule has 3 nitrogen and oxygen atoms in total. The van der Waals surface area contributed by atoms with Gasteiger partial charge in [0, 0.05) is 13.5 Å². The van der Waals surface area contributed by atoms with Gasteiger partial charge >= 0.3 is 5.97 Å². The van der Waals surface area contributed by atoms with Crippen LogP contribution in [0.25, 0.3) is 0 Å². The molecule has 0 aromatic heterocycles. The molecule has 0 fully saturated rings. The van der Waals surface area contributed by atoms with Crippen molar-refractivity contribution >= 4 is 5.97 Å². The number of carboxylic acids is 1. The van der Waals surface area contributed by atoms with E-state index < -0.39 is 5.97 Å². The van der Waals surface area contributed by atoms with Crippen molar-refractivity contribution in [2.75, 3.05) is 6.54 Å². The van der Waals surface area contributed by atoms with Gasteiger partial charge in [0.25, 0.3) is 0 Å². The molecule has 0 atom stereocenters. The lowest BCUT2D eigenvalue weighted by molar-refractivity contribution is -0.137. The van der Waals surface area contributed by atoms with Gasteiger partial charge < -0.3 is 10.4 Å². The highest BCUT2D eigenvalue weighted by atomic mass is 16.4. The van der Waals surface area contributed by atoms with Crippen molar-refractivity contribution in [3.63, 3.8) is 0 Å². The van der Waals surface area contributed by atoms with Gasteiger partial charge in [-0.3, -0.25) is 4.79 Å². The summed E-state index contributed by atoms with van der Waals surface area (Å²) in [7, 11) is 3.34. The molecule has 0 aromatic carbocycles. The number of aliphatic carboxylic acids is 1. The van der Waals surface area contributed by atoms with E-state index in [1.807, 2.05) is 0 Å². The zero-order valence-corrected chi connectivity index (χ0v) is 4.68. The van der Waals surface area contributed by atoms with Crippen molar-refractivity contribution in [2.24, 2.45) is 0 Å². The molecule has 0 unspecified atom stereocenters. The Bertz CT molecular complexity index is 72.8. The Kier molecular flexibility index (Phi) is 4.26. The summed E-state index contributed by atoms with van der Waals surface area (Å²) in [6.45, 7) is 0.673. The molecule has 0 saturated heterocycles. The van der Waals surface area contributed by atoms with Gasteiger partial charge in [0.05, 0.1) is 0 Å². The zero-order chi connectivity index (χ0) is 6.41. The second-order valence-corrected chi connectivity index (χ2v) is 1.50. The molecule has 0 aliphatic carbocycles. The molecule has 0 spiro atoms. The van der Waals surface area contributed by atoms with Crippen LogP contribution in [0.3, 0.4) is 0 Å². The van der Waals surface area contributed by atoms with Gasteiger partial charge in [-0.1, -0.05) is 0 Å². The Hall–Kier alpha value is -0.570. The van der Waals surface area contributed by atoms with Crippen molar-refractivity contribution in [1.29, 1.82) is 0 Å². The Balaban J connectivity index is 2.82. The maximum Gasteiger partial charge on any atom is 0.303 e.